The first-order chi connectivity index (χ1) is 12.3. The summed E-state index contributed by atoms with van der Waals surface area (Å²) in [6.45, 7) is 1.30. The fraction of sp³-hybridized carbons (Fsp3) is 0.263. The van der Waals surface area contributed by atoms with Crippen LogP contribution in [0.3, 0.4) is 0 Å². The summed E-state index contributed by atoms with van der Waals surface area (Å²) in [7, 11) is 0. The third-order valence-corrected chi connectivity index (χ3v) is 5.07. The molecule has 2 atom stereocenters. The van der Waals surface area contributed by atoms with Gasteiger partial charge in [0.25, 0.3) is 0 Å². The largest absolute Gasteiger partial charge is 0.373 e. The molecule has 0 bridgehead atoms. The maximum Gasteiger partial charge on any atom is 0.230 e. The molecule has 5 nitrogen and oxygen atoms in total. The first-order valence-electron chi connectivity index (χ1n) is 8.30. The van der Waals surface area contributed by atoms with Crippen molar-refractivity contribution < 1.29 is 9.53 Å². The molecular formula is C19H19N3O2S. The summed E-state index contributed by atoms with van der Waals surface area (Å²) in [5.41, 5.74) is 3.00. The van der Waals surface area contributed by atoms with Crippen LogP contribution in [0.1, 0.15) is 23.7 Å². The lowest BCUT2D eigenvalue weighted by Crippen LogP contribution is -2.25. The summed E-state index contributed by atoms with van der Waals surface area (Å²) in [5.74, 6) is -0.175. The Morgan fingerprint density at radius 2 is 2.20 bits per heavy atom. The maximum absolute atomic E-state index is 12.6. The minimum absolute atomic E-state index is 0.0108. The second kappa shape index (κ2) is 7.21. The molecule has 1 amide bonds. The Balaban J connectivity index is 1.46. The molecule has 0 radical (unpaired) electrons. The zero-order valence-corrected chi connectivity index (χ0v) is 14.5. The van der Waals surface area contributed by atoms with Crippen molar-refractivity contribution >= 4 is 22.9 Å². The number of ether oxygens (including phenoxy) is 1. The Morgan fingerprint density at radius 3 is 3.00 bits per heavy atom. The van der Waals surface area contributed by atoms with Crippen molar-refractivity contribution in [3.8, 4) is 0 Å². The topological polar surface area (TPSA) is 56.1 Å². The van der Waals surface area contributed by atoms with Gasteiger partial charge < -0.3 is 10.1 Å². The minimum atomic E-state index is -0.233. The third kappa shape index (κ3) is 3.65. The van der Waals surface area contributed by atoms with Gasteiger partial charge in [-0.1, -0.05) is 30.3 Å². The van der Waals surface area contributed by atoms with E-state index in [2.05, 4.69) is 22.5 Å². The number of hydrogen-bond donors (Lipinski definition) is 1. The van der Waals surface area contributed by atoms with Gasteiger partial charge in [0, 0.05) is 23.7 Å². The molecule has 25 heavy (non-hydrogen) atoms. The number of aromatic nitrogens is 2. The van der Waals surface area contributed by atoms with Crippen LogP contribution in [-0.2, 0) is 16.1 Å². The van der Waals surface area contributed by atoms with Gasteiger partial charge in [0.2, 0.25) is 5.91 Å². The van der Waals surface area contributed by atoms with Crippen molar-refractivity contribution in [1.29, 1.82) is 0 Å². The number of carbonyl (C=O) groups is 1. The van der Waals surface area contributed by atoms with Gasteiger partial charge in [0.1, 0.15) is 0 Å². The number of nitrogens with zero attached hydrogens (tertiary/aromatic N) is 2. The highest BCUT2D eigenvalue weighted by Crippen LogP contribution is 2.35. The van der Waals surface area contributed by atoms with E-state index < -0.39 is 0 Å². The van der Waals surface area contributed by atoms with Gasteiger partial charge in [-0.05, 0) is 23.4 Å². The van der Waals surface area contributed by atoms with Crippen molar-refractivity contribution in [2.75, 3.05) is 11.9 Å². The van der Waals surface area contributed by atoms with E-state index in [-0.39, 0.29) is 17.9 Å². The second-order valence-electron chi connectivity index (χ2n) is 6.14. The number of amides is 1. The molecule has 1 N–H and O–H groups in total. The van der Waals surface area contributed by atoms with E-state index in [1.54, 1.807) is 11.3 Å². The lowest BCUT2D eigenvalue weighted by atomic mass is 9.96. The maximum atomic E-state index is 12.6. The molecule has 3 heterocycles. The van der Waals surface area contributed by atoms with Crippen LogP contribution in [0.4, 0.5) is 5.69 Å². The van der Waals surface area contributed by atoms with E-state index in [1.807, 2.05) is 52.1 Å². The van der Waals surface area contributed by atoms with Crippen molar-refractivity contribution in [3.63, 3.8) is 0 Å². The molecule has 1 aliphatic heterocycles. The van der Waals surface area contributed by atoms with Gasteiger partial charge in [0.15, 0.2) is 0 Å². The number of hydrogen-bond acceptors (Lipinski definition) is 4. The van der Waals surface area contributed by atoms with Crippen LogP contribution in [0.5, 0.6) is 0 Å². The lowest BCUT2D eigenvalue weighted by Gasteiger charge is -2.16. The van der Waals surface area contributed by atoms with Crippen LogP contribution in [0, 0.1) is 5.92 Å². The molecule has 4 rings (SSSR count). The third-order valence-electron chi connectivity index (χ3n) is 4.39. The van der Waals surface area contributed by atoms with Crippen LogP contribution in [0.2, 0.25) is 0 Å². The molecule has 0 saturated carbocycles. The van der Waals surface area contributed by atoms with Gasteiger partial charge in [-0.3, -0.25) is 9.48 Å². The molecule has 2 aromatic heterocycles. The van der Waals surface area contributed by atoms with E-state index in [0.717, 1.165) is 17.7 Å². The zero-order valence-electron chi connectivity index (χ0n) is 13.7. The van der Waals surface area contributed by atoms with Crippen LogP contribution in [0.25, 0.3) is 0 Å². The highest BCUT2D eigenvalue weighted by atomic mass is 32.1. The van der Waals surface area contributed by atoms with Crippen molar-refractivity contribution in [1.82, 2.24) is 9.78 Å². The smallest absolute Gasteiger partial charge is 0.230 e. The van der Waals surface area contributed by atoms with Crippen LogP contribution in [0.15, 0.2) is 59.6 Å². The molecule has 1 saturated heterocycles. The number of carbonyl (C=O) groups excluding carboxylic acids is 1. The first kappa shape index (κ1) is 16.1. The molecule has 128 valence electrons. The highest BCUT2D eigenvalue weighted by molar-refractivity contribution is 7.08. The van der Waals surface area contributed by atoms with E-state index in [9.17, 15) is 4.79 Å². The van der Waals surface area contributed by atoms with Gasteiger partial charge in [-0.15, -0.1) is 0 Å². The molecule has 1 aliphatic rings. The molecular weight excluding hydrogens is 334 g/mol. The Kier molecular flexibility index (Phi) is 4.63. The highest BCUT2D eigenvalue weighted by Gasteiger charge is 2.36. The Morgan fingerprint density at radius 1 is 1.32 bits per heavy atom. The van der Waals surface area contributed by atoms with Crippen molar-refractivity contribution in [3.05, 3.63) is 70.7 Å². The summed E-state index contributed by atoms with van der Waals surface area (Å²) in [6.07, 6.45) is 4.28. The van der Waals surface area contributed by atoms with Gasteiger partial charge in [-0.2, -0.15) is 16.4 Å². The fourth-order valence-corrected chi connectivity index (χ4v) is 3.73. The van der Waals surface area contributed by atoms with Crippen LogP contribution >= 0.6 is 11.3 Å². The van der Waals surface area contributed by atoms with E-state index in [4.69, 9.17) is 4.74 Å². The molecule has 0 aliphatic carbocycles. The van der Waals surface area contributed by atoms with Crippen molar-refractivity contribution in [2.45, 2.75) is 19.1 Å². The average Bonchev–Trinajstić information content (AvgIpc) is 3.37. The van der Waals surface area contributed by atoms with Crippen LogP contribution in [-0.4, -0.2) is 22.3 Å². The zero-order chi connectivity index (χ0) is 17.1. The average molecular weight is 353 g/mol. The molecule has 0 unspecified atom stereocenters. The number of rotatable bonds is 5. The van der Waals surface area contributed by atoms with Gasteiger partial charge >= 0.3 is 0 Å². The van der Waals surface area contributed by atoms with E-state index >= 15 is 0 Å². The second-order valence-corrected chi connectivity index (χ2v) is 6.92. The summed E-state index contributed by atoms with van der Waals surface area (Å²) in [6, 6.07) is 12.1. The molecule has 0 spiro atoms. The predicted octanol–water partition coefficient (Wildman–Crippen LogP) is 3.71. The first-order valence-corrected chi connectivity index (χ1v) is 9.25. The minimum Gasteiger partial charge on any atom is -0.373 e. The standard InChI is InChI=1S/C19H19N3O2S/c23-19(21-16-7-9-25-13-16)17-6-8-24-18(17)15-10-20-22(12-15)11-14-4-2-1-3-5-14/h1-5,7,9-10,12-13,17-18H,6,8,11H2,(H,21,23)/t17-,18+/m0/s1. The van der Waals surface area contributed by atoms with E-state index in [0.29, 0.717) is 13.2 Å². The molecule has 6 heteroatoms. The number of thiophene rings is 1. The molecule has 3 aromatic rings. The molecule has 1 fully saturated rings. The van der Waals surface area contributed by atoms with Crippen LogP contribution < -0.4 is 5.32 Å². The fourth-order valence-electron chi connectivity index (χ4n) is 3.14. The summed E-state index contributed by atoms with van der Waals surface area (Å²) < 4.78 is 7.73. The lowest BCUT2D eigenvalue weighted by molar-refractivity contribution is -0.121. The normalized spacial score (nSPS) is 19.8. The Labute approximate surface area is 150 Å². The SMILES string of the molecule is O=C(Nc1ccsc1)[C@H]1CCO[C@@H]1c1cnn(Cc2ccccc2)c1. The van der Waals surface area contributed by atoms with Gasteiger partial charge in [-0.25, -0.2) is 0 Å². The Bertz CT molecular complexity index is 829. The monoisotopic (exact) mass is 353 g/mol. The number of nitrogens with one attached hydrogen (secondary N) is 1. The number of benzene rings is 1. The quantitative estimate of drug-likeness (QED) is 0.761. The van der Waals surface area contributed by atoms with E-state index in [1.165, 1.54) is 5.56 Å². The summed E-state index contributed by atoms with van der Waals surface area (Å²) >= 11 is 1.57. The summed E-state index contributed by atoms with van der Waals surface area (Å²) in [4.78, 5) is 12.6. The predicted molar refractivity (Wildman–Crippen MR) is 97.5 cm³/mol. The number of anilines is 1. The Hall–Kier alpha value is -2.44. The van der Waals surface area contributed by atoms with Crippen molar-refractivity contribution in [2.24, 2.45) is 5.92 Å². The van der Waals surface area contributed by atoms with Gasteiger partial charge in [0.05, 0.1) is 30.5 Å². The summed E-state index contributed by atoms with van der Waals surface area (Å²) in [5, 5.41) is 11.3. The molecule has 1 aromatic carbocycles.